The molecule has 0 radical (unpaired) electrons. The Bertz CT molecular complexity index is 885. The topological polar surface area (TPSA) is 44.6 Å². The van der Waals surface area contributed by atoms with Crippen LogP contribution in [0.5, 0.6) is 5.75 Å². The second-order valence-corrected chi connectivity index (χ2v) is 7.30. The summed E-state index contributed by atoms with van der Waals surface area (Å²) in [5, 5.41) is 16.0. The molecule has 4 heteroatoms. The lowest BCUT2D eigenvalue weighted by atomic mass is 9.96. The summed E-state index contributed by atoms with van der Waals surface area (Å²) < 4.78 is 0. The highest BCUT2D eigenvalue weighted by molar-refractivity contribution is 7.12. The van der Waals surface area contributed by atoms with E-state index in [2.05, 4.69) is 54.0 Å². The first kappa shape index (κ1) is 16.1. The van der Waals surface area contributed by atoms with E-state index in [1.165, 1.54) is 10.4 Å². The molecular weight excluding hydrogens is 328 g/mol. The average molecular weight is 348 g/mol. The minimum Gasteiger partial charge on any atom is -0.508 e. The zero-order valence-corrected chi connectivity index (χ0v) is 14.8. The summed E-state index contributed by atoms with van der Waals surface area (Å²) >= 11 is 1.71. The van der Waals surface area contributed by atoms with E-state index in [4.69, 9.17) is 4.99 Å². The third-order valence-electron chi connectivity index (χ3n) is 4.55. The number of nitrogens with one attached hydrogen (secondary N) is 1. The van der Waals surface area contributed by atoms with Gasteiger partial charge in [-0.1, -0.05) is 54.1 Å². The number of hydrogen-bond donors (Lipinski definition) is 2. The Kier molecular flexibility index (Phi) is 4.38. The molecule has 0 amide bonds. The number of rotatable bonds is 3. The van der Waals surface area contributed by atoms with Crippen molar-refractivity contribution in [3.63, 3.8) is 0 Å². The fourth-order valence-electron chi connectivity index (χ4n) is 3.20. The lowest BCUT2D eigenvalue weighted by Crippen LogP contribution is -2.32. The van der Waals surface area contributed by atoms with Gasteiger partial charge in [0.15, 0.2) is 0 Å². The molecule has 25 heavy (non-hydrogen) atoms. The van der Waals surface area contributed by atoms with E-state index in [0.717, 1.165) is 23.3 Å². The first-order valence-corrected chi connectivity index (χ1v) is 9.30. The highest BCUT2D eigenvalue weighted by Gasteiger charge is 2.27. The molecule has 1 aromatic heterocycles. The third-order valence-corrected chi connectivity index (χ3v) is 5.47. The summed E-state index contributed by atoms with van der Waals surface area (Å²) in [6.45, 7) is 2.09. The third kappa shape index (κ3) is 3.36. The molecule has 2 atom stereocenters. The van der Waals surface area contributed by atoms with Gasteiger partial charge in [-0.25, -0.2) is 0 Å². The Morgan fingerprint density at radius 1 is 1.04 bits per heavy atom. The summed E-state index contributed by atoms with van der Waals surface area (Å²) in [5.74, 6) is 0.329. The molecule has 2 heterocycles. The fraction of sp³-hybridized carbons (Fsp3) is 0.190. The average Bonchev–Trinajstić information content (AvgIpc) is 3.17. The second kappa shape index (κ2) is 6.82. The van der Waals surface area contributed by atoms with Crippen LogP contribution in [0.15, 0.2) is 71.0 Å². The van der Waals surface area contributed by atoms with Gasteiger partial charge < -0.3 is 5.11 Å². The van der Waals surface area contributed by atoms with Crippen LogP contribution in [0.3, 0.4) is 0 Å². The lowest BCUT2D eigenvalue weighted by Gasteiger charge is -2.30. The van der Waals surface area contributed by atoms with Gasteiger partial charge in [-0.3, -0.25) is 10.3 Å². The predicted octanol–water partition coefficient (Wildman–Crippen LogP) is 4.98. The lowest BCUT2D eigenvalue weighted by molar-refractivity contribution is 0.413. The maximum Gasteiger partial charge on any atom is 0.126 e. The van der Waals surface area contributed by atoms with Crippen molar-refractivity contribution in [3.8, 4) is 5.75 Å². The monoisotopic (exact) mass is 348 g/mol. The molecule has 0 aliphatic carbocycles. The van der Waals surface area contributed by atoms with Crippen LogP contribution in [-0.2, 0) is 0 Å². The Morgan fingerprint density at radius 2 is 1.84 bits per heavy atom. The van der Waals surface area contributed by atoms with Gasteiger partial charge in [-0.2, -0.15) is 0 Å². The van der Waals surface area contributed by atoms with Crippen LogP contribution in [0.25, 0.3) is 0 Å². The highest BCUT2D eigenvalue weighted by Crippen LogP contribution is 2.34. The SMILES string of the molecule is Cc1ccc([C@@H]2N=C(c3cccs3)C[C@H](c3ccccc3O)N2)cc1. The van der Waals surface area contributed by atoms with Gasteiger partial charge >= 0.3 is 0 Å². The van der Waals surface area contributed by atoms with Gasteiger partial charge in [-0.15, -0.1) is 11.3 Å². The van der Waals surface area contributed by atoms with Crippen molar-refractivity contribution < 1.29 is 5.11 Å². The number of para-hydroxylation sites is 1. The van der Waals surface area contributed by atoms with Gasteiger partial charge in [0.2, 0.25) is 0 Å². The van der Waals surface area contributed by atoms with Crippen LogP contribution in [0.2, 0.25) is 0 Å². The number of thiophene rings is 1. The summed E-state index contributed by atoms with van der Waals surface area (Å²) in [7, 11) is 0. The van der Waals surface area contributed by atoms with Gasteiger partial charge in [-0.05, 0) is 30.0 Å². The van der Waals surface area contributed by atoms with Crippen LogP contribution in [0.4, 0.5) is 0 Å². The predicted molar refractivity (Wildman–Crippen MR) is 103 cm³/mol. The van der Waals surface area contributed by atoms with Crippen LogP contribution in [0, 0.1) is 6.92 Å². The van der Waals surface area contributed by atoms with E-state index in [1.807, 2.05) is 18.2 Å². The van der Waals surface area contributed by atoms with Crippen molar-refractivity contribution >= 4 is 17.0 Å². The summed E-state index contributed by atoms with van der Waals surface area (Å²) in [6, 6.07) is 20.2. The van der Waals surface area contributed by atoms with E-state index in [-0.39, 0.29) is 12.2 Å². The zero-order chi connectivity index (χ0) is 17.2. The Balaban J connectivity index is 1.74. The number of aryl methyl sites for hydroxylation is 1. The molecule has 126 valence electrons. The molecule has 0 fully saturated rings. The van der Waals surface area contributed by atoms with Crippen molar-refractivity contribution in [1.29, 1.82) is 0 Å². The fourth-order valence-corrected chi connectivity index (χ4v) is 3.93. The van der Waals surface area contributed by atoms with Gasteiger partial charge in [0.05, 0.1) is 5.71 Å². The molecule has 1 aliphatic heterocycles. The second-order valence-electron chi connectivity index (χ2n) is 6.35. The molecule has 2 N–H and O–H groups in total. The van der Waals surface area contributed by atoms with Crippen molar-refractivity contribution in [2.75, 3.05) is 0 Å². The quantitative estimate of drug-likeness (QED) is 0.701. The number of aromatic hydroxyl groups is 1. The smallest absolute Gasteiger partial charge is 0.126 e. The molecular formula is C21H20N2OS. The van der Waals surface area contributed by atoms with Crippen molar-refractivity contribution in [1.82, 2.24) is 5.32 Å². The normalized spacial score (nSPS) is 20.3. The minimum absolute atomic E-state index is 0.0297. The molecule has 4 rings (SSSR count). The number of benzene rings is 2. The Hall–Kier alpha value is -2.43. The molecule has 0 saturated carbocycles. The molecule has 0 saturated heterocycles. The van der Waals surface area contributed by atoms with E-state index in [0.29, 0.717) is 5.75 Å². The number of aliphatic imine (C=N–C) groups is 1. The van der Waals surface area contributed by atoms with E-state index in [9.17, 15) is 5.11 Å². The maximum absolute atomic E-state index is 10.3. The molecule has 3 nitrogen and oxygen atoms in total. The van der Waals surface area contributed by atoms with Crippen LogP contribution in [0.1, 0.15) is 40.2 Å². The molecule has 0 bridgehead atoms. The largest absolute Gasteiger partial charge is 0.508 e. The van der Waals surface area contributed by atoms with Gasteiger partial charge in [0.1, 0.15) is 11.9 Å². The zero-order valence-electron chi connectivity index (χ0n) is 14.0. The number of hydrogen-bond acceptors (Lipinski definition) is 4. The van der Waals surface area contributed by atoms with Gasteiger partial charge in [0, 0.05) is 22.9 Å². The Morgan fingerprint density at radius 3 is 2.56 bits per heavy atom. The van der Waals surface area contributed by atoms with Gasteiger partial charge in [0.25, 0.3) is 0 Å². The van der Waals surface area contributed by atoms with E-state index < -0.39 is 0 Å². The molecule has 3 aromatic rings. The van der Waals surface area contributed by atoms with Crippen molar-refractivity contribution in [2.24, 2.45) is 4.99 Å². The maximum atomic E-state index is 10.3. The first-order chi connectivity index (χ1) is 12.2. The van der Waals surface area contributed by atoms with E-state index in [1.54, 1.807) is 17.4 Å². The highest BCUT2D eigenvalue weighted by atomic mass is 32.1. The summed E-state index contributed by atoms with van der Waals surface area (Å²) in [4.78, 5) is 6.16. The van der Waals surface area contributed by atoms with Crippen molar-refractivity contribution in [2.45, 2.75) is 25.6 Å². The van der Waals surface area contributed by atoms with Crippen LogP contribution in [-0.4, -0.2) is 10.8 Å². The first-order valence-electron chi connectivity index (χ1n) is 8.42. The number of nitrogens with zero attached hydrogens (tertiary/aromatic N) is 1. The molecule has 0 spiro atoms. The van der Waals surface area contributed by atoms with Crippen LogP contribution < -0.4 is 5.32 Å². The minimum atomic E-state index is -0.115. The van der Waals surface area contributed by atoms with E-state index >= 15 is 0 Å². The summed E-state index contributed by atoms with van der Waals surface area (Å²) in [6.07, 6.45) is 0.650. The number of phenols is 1. The van der Waals surface area contributed by atoms with Crippen molar-refractivity contribution in [3.05, 3.63) is 87.6 Å². The number of phenolic OH excluding ortho intramolecular Hbond substituents is 1. The standard InChI is InChI=1S/C21H20N2OS/c1-14-8-10-15(11-9-14)21-22-17(16-5-2-3-6-19(16)24)13-18(23-21)20-7-4-12-25-20/h2-12,17,21-22,24H,13H2,1H3/t17-,21+/m1/s1. The Labute approximate surface area is 151 Å². The molecule has 2 aromatic carbocycles. The summed E-state index contributed by atoms with van der Waals surface area (Å²) in [5.41, 5.74) is 4.38. The van der Waals surface area contributed by atoms with Crippen LogP contribution >= 0.6 is 11.3 Å². The molecule has 0 unspecified atom stereocenters. The molecule has 1 aliphatic rings.